The third kappa shape index (κ3) is 3.56. The predicted octanol–water partition coefficient (Wildman–Crippen LogP) is 5.23. The summed E-state index contributed by atoms with van der Waals surface area (Å²) in [4.78, 5) is 0. The zero-order valence-electron chi connectivity index (χ0n) is 10.2. The van der Waals surface area contributed by atoms with Crippen molar-refractivity contribution in [1.82, 2.24) is 0 Å². The Morgan fingerprint density at radius 1 is 1.21 bits per heavy atom. The summed E-state index contributed by atoms with van der Waals surface area (Å²) in [5, 5.41) is 1.25. The summed E-state index contributed by atoms with van der Waals surface area (Å²) >= 11 is 15.4. The van der Waals surface area contributed by atoms with Gasteiger partial charge >= 0.3 is 0 Å². The highest BCUT2D eigenvalue weighted by molar-refractivity contribution is 9.10. The second-order valence-corrected chi connectivity index (χ2v) is 5.92. The minimum Gasteiger partial charge on any atom is -0.486 e. The van der Waals surface area contributed by atoms with E-state index in [1.165, 1.54) is 0 Å². The quantitative estimate of drug-likeness (QED) is 0.761. The number of rotatable bonds is 3. The molecule has 0 spiro atoms. The summed E-state index contributed by atoms with van der Waals surface area (Å²) in [6.07, 6.45) is 0. The minimum atomic E-state index is 0.325. The third-order valence-corrected chi connectivity index (χ3v) is 3.71. The number of benzene rings is 2. The molecule has 0 amide bonds. The maximum absolute atomic E-state index is 6.09. The number of halogens is 3. The van der Waals surface area contributed by atoms with E-state index in [0.29, 0.717) is 28.1 Å². The molecule has 0 heterocycles. The Kier molecular flexibility index (Phi) is 4.61. The van der Waals surface area contributed by atoms with Crippen molar-refractivity contribution in [3.05, 3.63) is 56.0 Å². The van der Waals surface area contributed by atoms with Crippen LogP contribution in [0.3, 0.4) is 0 Å². The van der Waals surface area contributed by atoms with Crippen molar-refractivity contribution in [2.24, 2.45) is 0 Å². The highest BCUT2D eigenvalue weighted by Crippen LogP contribution is 2.31. The lowest BCUT2D eigenvalue weighted by Gasteiger charge is -2.13. The van der Waals surface area contributed by atoms with Crippen LogP contribution in [0, 0.1) is 6.92 Å². The molecule has 0 aliphatic heterocycles. The molecule has 100 valence electrons. The van der Waals surface area contributed by atoms with Crippen LogP contribution in [0.1, 0.15) is 11.1 Å². The molecule has 0 saturated heterocycles. The van der Waals surface area contributed by atoms with Crippen molar-refractivity contribution < 1.29 is 4.74 Å². The lowest BCUT2D eigenvalue weighted by atomic mass is 10.2. The lowest BCUT2D eigenvalue weighted by Crippen LogP contribution is -2.01. The Morgan fingerprint density at radius 3 is 2.63 bits per heavy atom. The molecule has 2 aromatic rings. The molecule has 2 nitrogen and oxygen atoms in total. The smallest absolute Gasteiger partial charge is 0.145 e. The molecule has 5 heteroatoms. The van der Waals surface area contributed by atoms with Gasteiger partial charge in [-0.1, -0.05) is 39.1 Å². The molecule has 0 saturated carbocycles. The summed E-state index contributed by atoms with van der Waals surface area (Å²) in [6.45, 7) is 2.27. The van der Waals surface area contributed by atoms with Crippen LogP contribution >= 0.6 is 39.1 Å². The summed E-state index contributed by atoms with van der Waals surface area (Å²) in [7, 11) is 0. The Hall–Kier alpha value is -0.900. The van der Waals surface area contributed by atoms with Crippen LogP contribution in [0.2, 0.25) is 10.0 Å². The van der Waals surface area contributed by atoms with Crippen LogP contribution in [0.4, 0.5) is 5.69 Å². The first kappa shape index (κ1) is 14.5. The van der Waals surface area contributed by atoms with Crippen LogP contribution < -0.4 is 10.5 Å². The van der Waals surface area contributed by atoms with E-state index in [1.807, 2.05) is 19.1 Å². The topological polar surface area (TPSA) is 35.2 Å². The molecule has 0 fully saturated rings. The van der Waals surface area contributed by atoms with Gasteiger partial charge in [-0.3, -0.25) is 0 Å². The van der Waals surface area contributed by atoms with Gasteiger partial charge in [0.25, 0.3) is 0 Å². The van der Waals surface area contributed by atoms with E-state index < -0.39 is 0 Å². The fourth-order valence-electron chi connectivity index (χ4n) is 1.76. The average molecular weight is 361 g/mol. The molecule has 2 aromatic carbocycles. The van der Waals surface area contributed by atoms with Gasteiger partial charge in [-0.05, 0) is 42.8 Å². The fraction of sp³-hybridized carbons (Fsp3) is 0.143. The molecule has 0 aliphatic carbocycles. The Labute approximate surface area is 130 Å². The van der Waals surface area contributed by atoms with Gasteiger partial charge in [-0.2, -0.15) is 0 Å². The van der Waals surface area contributed by atoms with E-state index in [1.54, 1.807) is 18.2 Å². The van der Waals surface area contributed by atoms with E-state index >= 15 is 0 Å². The van der Waals surface area contributed by atoms with Gasteiger partial charge in [-0.15, -0.1) is 0 Å². The summed E-state index contributed by atoms with van der Waals surface area (Å²) in [5.74, 6) is 0.666. The number of nitrogens with two attached hydrogens (primary N) is 1. The van der Waals surface area contributed by atoms with Gasteiger partial charge in [0.2, 0.25) is 0 Å². The normalized spacial score (nSPS) is 10.5. The molecule has 19 heavy (non-hydrogen) atoms. The molecule has 0 aromatic heterocycles. The SMILES string of the molecule is Cc1cc(Br)cc(N)c1OCc1cc(Cl)ccc1Cl. The molecule has 0 bridgehead atoms. The van der Waals surface area contributed by atoms with E-state index in [9.17, 15) is 0 Å². The van der Waals surface area contributed by atoms with Crippen molar-refractivity contribution in [3.8, 4) is 5.75 Å². The Balaban J connectivity index is 2.21. The number of aryl methyl sites for hydroxylation is 1. The second kappa shape index (κ2) is 6.04. The van der Waals surface area contributed by atoms with Gasteiger partial charge in [0, 0.05) is 20.1 Å². The van der Waals surface area contributed by atoms with Gasteiger partial charge in [0.1, 0.15) is 12.4 Å². The molecular weight excluding hydrogens is 349 g/mol. The lowest BCUT2D eigenvalue weighted by molar-refractivity contribution is 0.306. The van der Waals surface area contributed by atoms with Crippen molar-refractivity contribution in [2.75, 3.05) is 5.73 Å². The predicted molar refractivity (Wildman–Crippen MR) is 84.1 cm³/mol. The minimum absolute atomic E-state index is 0.325. The van der Waals surface area contributed by atoms with Crippen molar-refractivity contribution in [1.29, 1.82) is 0 Å². The average Bonchev–Trinajstić information content (AvgIpc) is 2.32. The first-order valence-electron chi connectivity index (χ1n) is 5.59. The van der Waals surface area contributed by atoms with Crippen LogP contribution in [-0.2, 0) is 6.61 Å². The molecule has 0 atom stereocenters. The molecular formula is C14H12BrCl2NO. The summed E-state index contributed by atoms with van der Waals surface area (Å²) < 4.78 is 6.68. The molecule has 0 unspecified atom stereocenters. The highest BCUT2D eigenvalue weighted by Gasteiger charge is 2.08. The molecule has 0 radical (unpaired) electrons. The summed E-state index contributed by atoms with van der Waals surface area (Å²) in [5.41, 5.74) is 8.32. The number of anilines is 1. The van der Waals surface area contributed by atoms with Gasteiger partial charge < -0.3 is 10.5 Å². The van der Waals surface area contributed by atoms with Crippen molar-refractivity contribution in [2.45, 2.75) is 13.5 Å². The van der Waals surface area contributed by atoms with Crippen LogP contribution in [-0.4, -0.2) is 0 Å². The first-order chi connectivity index (χ1) is 8.97. The highest BCUT2D eigenvalue weighted by atomic mass is 79.9. The maximum atomic E-state index is 6.09. The molecule has 2 N–H and O–H groups in total. The number of hydrogen-bond acceptors (Lipinski definition) is 2. The standard InChI is InChI=1S/C14H12BrCl2NO/c1-8-4-10(15)6-13(18)14(8)19-7-9-5-11(16)2-3-12(9)17/h2-6H,7,18H2,1H3. The van der Waals surface area contributed by atoms with Crippen molar-refractivity contribution in [3.63, 3.8) is 0 Å². The van der Waals surface area contributed by atoms with E-state index in [2.05, 4.69) is 15.9 Å². The summed E-state index contributed by atoms with van der Waals surface area (Å²) in [6, 6.07) is 9.04. The molecule has 2 rings (SSSR count). The zero-order valence-corrected chi connectivity index (χ0v) is 13.3. The zero-order chi connectivity index (χ0) is 14.0. The fourth-order valence-corrected chi connectivity index (χ4v) is 2.71. The van der Waals surface area contributed by atoms with Crippen LogP contribution in [0.15, 0.2) is 34.8 Å². The Morgan fingerprint density at radius 2 is 1.95 bits per heavy atom. The van der Waals surface area contributed by atoms with Crippen LogP contribution in [0.25, 0.3) is 0 Å². The maximum Gasteiger partial charge on any atom is 0.145 e. The van der Waals surface area contributed by atoms with Gasteiger partial charge in [0.05, 0.1) is 5.69 Å². The second-order valence-electron chi connectivity index (χ2n) is 4.17. The van der Waals surface area contributed by atoms with Gasteiger partial charge in [-0.25, -0.2) is 0 Å². The monoisotopic (exact) mass is 359 g/mol. The first-order valence-corrected chi connectivity index (χ1v) is 7.14. The Bertz CT molecular complexity index is 593. The third-order valence-electron chi connectivity index (χ3n) is 2.65. The number of hydrogen-bond donors (Lipinski definition) is 1. The van der Waals surface area contributed by atoms with Crippen molar-refractivity contribution >= 4 is 44.8 Å². The van der Waals surface area contributed by atoms with E-state index in [0.717, 1.165) is 15.6 Å². The van der Waals surface area contributed by atoms with Crippen LogP contribution in [0.5, 0.6) is 5.75 Å². The van der Waals surface area contributed by atoms with E-state index in [4.69, 9.17) is 33.7 Å². The molecule has 0 aliphatic rings. The number of ether oxygens (including phenoxy) is 1. The van der Waals surface area contributed by atoms with E-state index in [-0.39, 0.29) is 0 Å². The largest absolute Gasteiger partial charge is 0.486 e. The van der Waals surface area contributed by atoms with Gasteiger partial charge in [0.15, 0.2) is 0 Å². The number of nitrogen functional groups attached to an aromatic ring is 1.